The van der Waals surface area contributed by atoms with Crippen molar-refractivity contribution in [2.75, 3.05) is 5.32 Å². The normalized spacial score (nSPS) is 10.9. The summed E-state index contributed by atoms with van der Waals surface area (Å²) in [7, 11) is 0. The minimum absolute atomic E-state index is 0.0687. The predicted molar refractivity (Wildman–Crippen MR) is 124 cm³/mol. The lowest BCUT2D eigenvalue weighted by molar-refractivity contribution is -0.112. The Morgan fingerprint density at radius 2 is 1.80 bits per heavy atom. The van der Waals surface area contributed by atoms with Crippen LogP contribution in [0.5, 0.6) is 5.75 Å². The molecular formula is C23H15BrCl2N2O2. The monoisotopic (exact) mass is 500 g/mol. The Hall–Kier alpha value is -2.78. The number of nitrogens with zero attached hydrogens (tertiary/aromatic N) is 1. The van der Waals surface area contributed by atoms with Gasteiger partial charge in [-0.3, -0.25) is 4.79 Å². The highest BCUT2D eigenvalue weighted by atomic mass is 79.9. The zero-order valence-corrected chi connectivity index (χ0v) is 18.6. The molecule has 0 fully saturated rings. The number of para-hydroxylation sites is 1. The van der Waals surface area contributed by atoms with Crippen molar-refractivity contribution in [2.45, 2.75) is 6.61 Å². The quantitative estimate of drug-likeness (QED) is 0.295. The van der Waals surface area contributed by atoms with Gasteiger partial charge in [0.1, 0.15) is 24.0 Å². The SMILES string of the molecule is N#C/C(=C\c1ccccc1OCc1ccc(Br)cc1)C(=O)Nc1ccc(Cl)c(Cl)c1. The van der Waals surface area contributed by atoms with Crippen molar-refractivity contribution >= 4 is 56.8 Å². The maximum Gasteiger partial charge on any atom is 0.266 e. The number of anilines is 1. The highest BCUT2D eigenvalue weighted by molar-refractivity contribution is 9.10. The Bertz CT molecular complexity index is 1140. The smallest absolute Gasteiger partial charge is 0.266 e. The predicted octanol–water partition coefficient (Wildman–Crippen LogP) is 6.88. The van der Waals surface area contributed by atoms with E-state index in [9.17, 15) is 10.1 Å². The number of rotatable bonds is 6. The largest absolute Gasteiger partial charge is 0.488 e. The summed E-state index contributed by atoms with van der Waals surface area (Å²) in [5.41, 5.74) is 1.99. The van der Waals surface area contributed by atoms with Crippen LogP contribution < -0.4 is 10.1 Å². The number of hydrogen-bond acceptors (Lipinski definition) is 3. The van der Waals surface area contributed by atoms with Gasteiger partial charge in [0.05, 0.1) is 10.0 Å². The molecule has 4 nitrogen and oxygen atoms in total. The van der Waals surface area contributed by atoms with E-state index in [1.54, 1.807) is 24.3 Å². The summed E-state index contributed by atoms with van der Waals surface area (Å²) in [4.78, 5) is 12.5. The molecule has 150 valence electrons. The molecule has 0 aliphatic carbocycles. The summed E-state index contributed by atoms with van der Waals surface area (Å²) in [6.07, 6.45) is 1.49. The van der Waals surface area contributed by atoms with E-state index < -0.39 is 5.91 Å². The van der Waals surface area contributed by atoms with Crippen LogP contribution in [0, 0.1) is 11.3 Å². The maximum atomic E-state index is 12.5. The van der Waals surface area contributed by atoms with Crippen molar-refractivity contribution in [3.05, 3.63) is 97.9 Å². The molecule has 3 rings (SSSR count). The molecule has 0 heterocycles. The van der Waals surface area contributed by atoms with E-state index in [1.165, 1.54) is 12.1 Å². The van der Waals surface area contributed by atoms with E-state index >= 15 is 0 Å². The van der Waals surface area contributed by atoms with Crippen molar-refractivity contribution in [1.82, 2.24) is 0 Å². The molecule has 0 saturated heterocycles. The average Bonchev–Trinajstić information content (AvgIpc) is 2.75. The number of halogens is 3. The van der Waals surface area contributed by atoms with E-state index in [4.69, 9.17) is 27.9 Å². The van der Waals surface area contributed by atoms with Crippen LogP contribution in [-0.4, -0.2) is 5.91 Å². The van der Waals surface area contributed by atoms with E-state index in [0.717, 1.165) is 10.0 Å². The van der Waals surface area contributed by atoms with Gasteiger partial charge in [0.25, 0.3) is 5.91 Å². The van der Waals surface area contributed by atoms with Crippen molar-refractivity contribution in [3.8, 4) is 11.8 Å². The number of nitrogens with one attached hydrogen (secondary N) is 1. The number of benzene rings is 3. The third kappa shape index (κ3) is 5.87. The molecule has 1 amide bonds. The third-order valence-corrected chi connectivity index (χ3v) is 5.34. The van der Waals surface area contributed by atoms with Gasteiger partial charge in [-0.2, -0.15) is 5.26 Å². The molecular weight excluding hydrogens is 487 g/mol. The molecule has 1 N–H and O–H groups in total. The topological polar surface area (TPSA) is 62.1 Å². The van der Waals surface area contributed by atoms with Gasteiger partial charge < -0.3 is 10.1 Å². The van der Waals surface area contributed by atoms with Crippen molar-refractivity contribution in [2.24, 2.45) is 0 Å². The molecule has 0 bridgehead atoms. The summed E-state index contributed by atoms with van der Waals surface area (Å²) < 4.78 is 6.89. The van der Waals surface area contributed by atoms with Crippen LogP contribution in [0.3, 0.4) is 0 Å². The second-order valence-electron chi connectivity index (χ2n) is 6.21. The Kier molecular flexibility index (Phi) is 7.53. The Balaban J connectivity index is 1.78. The molecule has 0 saturated carbocycles. The first kappa shape index (κ1) is 21.9. The number of ether oxygens (including phenoxy) is 1. The summed E-state index contributed by atoms with van der Waals surface area (Å²) >= 11 is 15.3. The number of nitriles is 1. The minimum Gasteiger partial charge on any atom is -0.488 e. The summed E-state index contributed by atoms with van der Waals surface area (Å²) in [6, 6.07) is 21.6. The zero-order chi connectivity index (χ0) is 21.5. The lowest BCUT2D eigenvalue weighted by Gasteiger charge is -2.10. The van der Waals surface area contributed by atoms with E-state index in [-0.39, 0.29) is 5.57 Å². The summed E-state index contributed by atoms with van der Waals surface area (Å²) in [6.45, 7) is 0.357. The number of carbonyl (C=O) groups is 1. The molecule has 0 aromatic heterocycles. The van der Waals surface area contributed by atoms with Gasteiger partial charge in [0.15, 0.2) is 0 Å². The van der Waals surface area contributed by atoms with Gasteiger partial charge in [-0.25, -0.2) is 0 Å². The number of hydrogen-bond donors (Lipinski definition) is 1. The van der Waals surface area contributed by atoms with Gasteiger partial charge in [0.2, 0.25) is 0 Å². The van der Waals surface area contributed by atoms with E-state index in [1.807, 2.05) is 42.5 Å². The highest BCUT2D eigenvalue weighted by Gasteiger charge is 2.12. The van der Waals surface area contributed by atoms with Gasteiger partial charge >= 0.3 is 0 Å². The highest BCUT2D eigenvalue weighted by Crippen LogP contribution is 2.26. The average molecular weight is 502 g/mol. The molecule has 0 aliphatic rings. The molecule has 0 radical (unpaired) electrons. The van der Waals surface area contributed by atoms with Crippen molar-refractivity contribution in [3.63, 3.8) is 0 Å². The van der Waals surface area contributed by atoms with E-state index in [2.05, 4.69) is 21.2 Å². The van der Waals surface area contributed by atoms with E-state index in [0.29, 0.717) is 33.7 Å². The van der Waals surface area contributed by atoms with Crippen LogP contribution in [0.15, 0.2) is 76.8 Å². The summed E-state index contributed by atoms with van der Waals surface area (Å²) in [5, 5.41) is 12.8. The van der Waals surface area contributed by atoms with Crippen LogP contribution in [0.2, 0.25) is 10.0 Å². The van der Waals surface area contributed by atoms with Crippen LogP contribution in [-0.2, 0) is 11.4 Å². The Morgan fingerprint density at radius 1 is 1.07 bits per heavy atom. The molecule has 3 aromatic carbocycles. The molecule has 7 heteroatoms. The first-order valence-corrected chi connectivity index (χ1v) is 10.4. The van der Waals surface area contributed by atoms with Gasteiger partial charge in [0, 0.05) is 15.7 Å². The zero-order valence-electron chi connectivity index (χ0n) is 15.5. The lowest BCUT2D eigenvalue weighted by atomic mass is 10.1. The fraction of sp³-hybridized carbons (Fsp3) is 0.0435. The second-order valence-corrected chi connectivity index (χ2v) is 7.94. The molecule has 0 spiro atoms. The first-order chi connectivity index (χ1) is 14.5. The van der Waals surface area contributed by atoms with Crippen LogP contribution >= 0.6 is 39.1 Å². The third-order valence-electron chi connectivity index (χ3n) is 4.07. The Morgan fingerprint density at radius 3 is 2.50 bits per heavy atom. The Labute approximate surface area is 192 Å². The molecule has 3 aromatic rings. The standard InChI is InChI=1S/C23H15BrCl2N2O2/c24-18-7-5-15(6-8-18)14-30-22-4-2-1-3-16(22)11-17(13-27)23(29)28-19-9-10-20(25)21(26)12-19/h1-12H,14H2,(H,28,29)/b17-11+. The van der Waals surface area contributed by atoms with Crippen LogP contribution in [0.25, 0.3) is 6.08 Å². The van der Waals surface area contributed by atoms with Gasteiger partial charge in [-0.15, -0.1) is 0 Å². The minimum atomic E-state index is -0.557. The first-order valence-electron chi connectivity index (χ1n) is 8.81. The summed E-state index contributed by atoms with van der Waals surface area (Å²) in [5.74, 6) is 0.00843. The van der Waals surface area contributed by atoms with Crippen molar-refractivity contribution < 1.29 is 9.53 Å². The number of amides is 1. The lowest BCUT2D eigenvalue weighted by Crippen LogP contribution is -2.13. The van der Waals surface area contributed by atoms with Gasteiger partial charge in [-0.1, -0.05) is 69.5 Å². The maximum absolute atomic E-state index is 12.5. The second kappa shape index (κ2) is 10.3. The molecule has 0 unspecified atom stereocenters. The molecule has 30 heavy (non-hydrogen) atoms. The van der Waals surface area contributed by atoms with Crippen molar-refractivity contribution in [1.29, 1.82) is 5.26 Å². The molecule has 0 aliphatic heterocycles. The van der Waals surface area contributed by atoms with Crippen LogP contribution in [0.4, 0.5) is 5.69 Å². The fourth-order valence-electron chi connectivity index (χ4n) is 2.55. The fourth-order valence-corrected chi connectivity index (χ4v) is 3.11. The number of carbonyl (C=O) groups excluding carboxylic acids is 1. The molecule has 0 atom stereocenters. The van der Waals surface area contributed by atoms with Gasteiger partial charge in [-0.05, 0) is 48.0 Å². The van der Waals surface area contributed by atoms with Crippen LogP contribution in [0.1, 0.15) is 11.1 Å².